The first-order chi connectivity index (χ1) is 24.2. The molecule has 0 saturated carbocycles. The second kappa shape index (κ2) is 16.6. The Hall–Kier alpha value is -3.62. The van der Waals surface area contributed by atoms with Crippen molar-refractivity contribution >= 4 is 71.3 Å². The van der Waals surface area contributed by atoms with Crippen molar-refractivity contribution in [3.8, 4) is 0 Å². The monoisotopic (exact) mass is 772 g/mol. The Morgan fingerprint density at radius 1 is 0.615 bits per heavy atom. The molecule has 4 unspecified atom stereocenters. The summed E-state index contributed by atoms with van der Waals surface area (Å²) in [7, 11) is 0. The van der Waals surface area contributed by atoms with Crippen LogP contribution in [-0.4, -0.2) is 175 Å². The number of esters is 2. The molecular weight excluding hydrogens is 725 g/mol. The molecule has 0 aliphatic carbocycles. The van der Waals surface area contributed by atoms with Gasteiger partial charge in [-0.25, -0.2) is 29.0 Å². The first kappa shape index (κ1) is 41.1. The first-order valence-electron chi connectivity index (χ1n) is 16.9. The molecule has 52 heavy (non-hydrogen) atoms. The molecule has 0 aromatic rings. The van der Waals surface area contributed by atoms with E-state index in [2.05, 4.69) is 0 Å². The SMILES string of the molecule is CC(C(C)N1CC(=O)N(COC(=O)C2SCCN2C(=O)OC(C)(C)C)C(=O)C1)N1CC(=O)N(COC(=O)C2SCCN2C(=O)OC(C)(C)C)C(=O)C1. The summed E-state index contributed by atoms with van der Waals surface area (Å²) in [4.78, 5) is 110. The zero-order valence-electron chi connectivity index (χ0n) is 30.8. The van der Waals surface area contributed by atoms with Crippen molar-refractivity contribution in [3.05, 3.63) is 0 Å². The van der Waals surface area contributed by atoms with Crippen molar-refractivity contribution < 1.29 is 57.3 Å². The number of nitrogens with zero attached hydrogens (tertiary/aromatic N) is 6. The normalized spacial score (nSPS) is 23.5. The number of ether oxygens (including phenoxy) is 4. The van der Waals surface area contributed by atoms with Crippen molar-refractivity contribution in [2.45, 2.75) is 89.4 Å². The minimum Gasteiger partial charge on any atom is -0.444 e. The van der Waals surface area contributed by atoms with Crippen LogP contribution in [0.5, 0.6) is 0 Å². The summed E-state index contributed by atoms with van der Waals surface area (Å²) in [6, 6.07) is -0.920. The summed E-state index contributed by atoms with van der Waals surface area (Å²) in [5, 5.41) is -1.94. The molecular formula is C32H48N6O12S2. The number of rotatable bonds is 9. The topological polar surface area (TPSA) is 193 Å². The lowest BCUT2D eigenvalue weighted by Crippen LogP contribution is -2.63. The average Bonchev–Trinajstić information content (AvgIpc) is 3.72. The Bertz CT molecular complexity index is 1310. The van der Waals surface area contributed by atoms with Crippen LogP contribution in [0.25, 0.3) is 0 Å². The van der Waals surface area contributed by atoms with Gasteiger partial charge in [-0.05, 0) is 55.4 Å². The lowest BCUT2D eigenvalue weighted by atomic mass is 10.1. The van der Waals surface area contributed by atoms with Crippen LogP contribution in [0.1, 0.15) is 55.4 Å². The Morgan fingerprint density at radius 2 is 0.923 bits per heavy atom. The van der Waals surface area contributed by atoms with Crippen molar-refractivity contribution in [2.24, 2.45) is 0 Å². The molecule has 290 valence electrons. The van der Waals surface area contributed by atoms with Crippen LogP contribution < -0.4 is 0 Å². The van der Waals surface area contributed by atoms with E-state index in [1.807, 2.05) is 0 Å². The summed E-state index contributed by atoms with van der Waals surface area (Å²) < 4.78 is 21.3. The molecule has 4 rings (SSSR count). The highest BCUT2D eigenvalue weighted by molar-refractivity contribution is 8.01. The molecule has 4 aliphatic heterocycles. The Labute approximate surface area is 311 Å². The van der Waals surface area contributed by atoms with Gasteiger partial charge in [0.1, 0.15) is 11.2 Å². The lowest BCUT2D eigenvalue weighted by Gasteiger charge is -2.43. The van der Waals surface area contributed by atoms with Crippen LogP contribution in [0.3, 0.4) is 0 Å². The summed E-state index contributed by atoms with van der Waals surface area (Å²) in [5.74, 6) is -2.98. The maximum atomic E-state index is 13.1. The van der Waals surface area contributed by atoms with E-state index in [-0.39, 0.29) is 39.3 Å². The largest absolute Gasteiger partial charge is 0.444 e. The number of carbonyl (C=O) groups excluding carboxylic acids is 8. The van der Waals surface area contributed by atoms with E-state index in [4.69, 9.17) is 18.9 Å². The van der Waals surface area contributed by atoms with E-state index in [1.165, 1.54) is 33.3 Å². The Kier molecular flexibility index (Phi) is 13.1. The molecule has 18 nitrogen and oxygen atoms in total. The number of imide groups is 2. The molecule has 4 atom stereocenters. The number of amides is 6. The van der Waals surface area contributed by atoms with E-state index in [0.29, 0.717) is 11.5 Å². The second-order valence-electron chi connectivity index (χ2n) is 14.7. The number of hydrogen-bond donors (Lipinski definition) is 0. The highest BCUT2D eigenvalue weighted by Crippen LogP contribution is 2.28. The third kappa shape index (κ3) is 10.3. The van der Waals surface area contributed by atoms with Crippen LogP contribution >= 0.6 is 23.5 Å². The zero-order valence-corrected chi connectivity index (χ0v) is 32.4. The number of thioether (sulfide) groups is 2. The van der Waals surface area contributed by atoms with Crippen molar-refractivity contribution in [3.63, 3.8) is 0 Å². The third-order valence-electron chi connectivity index (χ3n) is 8.52. The van der Waals surface area contributed by atoms with E-state index >= 15 is 0 Å². The van der Waals surface area contributed by atoms with Gasteiger partial charge in [0.25, 0.3) is 0 Å². The van der Waals surface area contributed by atoms with Crippen LogP contribution in [0.15, 0.2) is 0 Å². The molecule has 0 spiro atoms. The van der Waals surface area contributed by atoms with E-state index < -0.39 is 95.2 Å². The summed E-state index contributed by atoms with van der Waals surface area (Å²) in [6.45, 7) is 12.4. The Morgan fingerprint density at radius 3 is 1.21 bits per heavy atom. The predicted molar refractivity (Wildman–Crippen MR) is 186 cm³/mol. The van der Waals surface area contributed by atoms with Crippen LogP contribution in [0.2, 0.25) is 0 Å². The van der Waals surface area contributed by atoms with Crippen molar-refractivity contribution in [1.82, 2.24) is 29.4 Å². The summed E-state index contributed by atoms with van der Waals surface area (Å²) in [6.07, 6.45) is -1.33. The van der Waals surface area contributed by atoms with Gasteiger partial charge in [0.2, 0.25) is 23.6 Å². The van der Waals surface area contributed by atoms with Crippen molar-refractivity contribution in [1.29, 1.82) is 0 Å². The average molecular weight is 773 g/mol. The van der Waals surface area contributed by atoms with Gasteiger partial charge in [-0.1, -0.05) is 0 Å². The van der Waals surface area contributed by atoms with Gasteiger partial charge in [0.15, 0.2) is 24.2 Å². The summed E-state index contributed by atoms with van der Waals surface area (Å²) >= 11 is 2.38. The molecule has 4 heterocycles. The number of hydrogen-bond acceptors (Lipinski definition) is 16. The molecule has 0 bridgehead atoms. The molecule has 0 aromatic carbocycles. The fraction of sp³-hybridized carbons (Fsp3) is 0.750. The quantitative estimate of drug-likeness (QED) is 0.181. The van der Waals surface area contributed by atoms with E-state index in [1.54, 1.807) is 65.2 Å². The van der Waals surface area contributed by atoms with Gasteiger partial charge in [-0.2, -0.15) is 0 Å². The van der Waals surface area contributed by atoms with Gasteiger partial charge in [0, 0.05) is 36.7 Å². The lowest BCUT2D eigenvalue weighted by molar-refractivity contribution is -0.169. The number of carbonyl (C=O) groups is 8. The molecule has 20 heteroatoms. The minimum absolute atomic E-state index is 0.186. The van der Waals surface area contributed by atoms with Gasteiger partial charge in [-0.15, -0.1) is 23.5 Å². The molecule has 4 fully saturated rings. The van der Waals surface area contributed by atoms with Gasteiger partial charge >= 0.3 is 24.1 Å². The fourth-order valence-corrected chi connectivity index (χ4v) is 7.85. The van der Waals surface area contributed by atoms with Gasteiger partial charge < -0.3 is 18.9 Å². The van der Waals surface area contributed by atoms with E-state index in [0.717, 1.165) is 9.80 Å². The van der Waals surface area contributed by atoms with E-state index in [9.17, 15) is 38.4 Å². The maximum absolute atomic E-state index is 13.1. The van der Waals surface area contributed by atoms with Gasteiger partial charge in [0.05, 0.1) is 26.2 Å². The standard InChI is InChI=1S/C32H48N6O12S2/c1-19(33-13-21(39)37(22(40)14-33)17-47-27(43)25-35(9-11-51-25)29(45)49-31(3,4)5)20(2)34-15-23(41)38(24(42)16-34)18-48-28(44)26-36(10-12-52-26)30(46)50-32(6,7)8/h19-20,25-26H,9-18H2,1-8H3. The highest BCUT2D eigenvalue weighted by Gasteiger charge is 2.43. The zero-order chi connectivity index (χ0) is 38.7. The van der Waals surface area contributed by atoms with Crippen LogP contribution in [0.4, 0.5) is 9.59 Å². The molecule has 0 radical (unpaired) electrons. The number of piperazine rings is 2. The third-order valence-corrected chi connectivity index (χ3v) is 10.9. The fourth-order valence-electron chi connectivity index (χ4n) is 5.64. The van der Waals surface area contributed by atoms with Crippen LogP contribution in [0, 0.1) is 0 Å². The molecule has 4 aliphatic rings. The maximum Gasteiger partial charge on any atom is 0.411 e. The first-order valence-corrected chi connectivity index (χ1v) is 19.0. The predicted octanol–water partition coefficient (Wildman–Crippen LogP) is 0.726. The molecule has 4 saturated heterocycles. The van der Waals surface area contributed by atoms with Gasteiger partial charge in [-0.3, -0.25) is 38.8 Å². The molecule has 0 aromatic heterocycles. The molecule has 6 amide bonds. The Balaban J connectivity index is 1.25. The van der Waals surface area contributed by atoms with Crippen molar-refractivity contribution in [2.75, 3.05) is 64.2 Å². The summed E-state index contributed by atoms with van der Waals surface area (Å²) in [5.41, 5.74) is -1.52. The highest BCUT2D eigenvalue weighted by atomic mass is 32.2. The smallest absolute Gasteiger partial charge is 0.411 e. The minimum atomic E-state index is -0.971. The molecule has 0 N–H and O–H groups in total. The second-order valence-corrected chi connectivity index (χ2v) is 17.1. The van der Waals surface area contributed by atoms with Crippen LogP contribution in [-0.2, 0) is 47.7 Å².